The molecule has 2 rings (SSSR count). The highest BCUT2D eigenvalue weighted by molar-refractivity contribution is 9.10. The van der Waals surface area contributed by atoms with Gasteiger partial charge in [0.05, 0.1) is 6.10 Å². The molecule has 0 aromatic heterocycles. The molecule has 1 aromatic carbocycles. The zero-order valence-corrected chi connectivity index (χ0v) is 11.6. The fraction of sp³-hybridized carbons (Fsp3) is 0.462. The number of hydrogen-bond donors (Lipinski definition) is 3. The van der Waals surface area contributed by atoms with Crippen LogP contribution in [-0.4, -0.2) is 30.1 Å². The minimum atomic E-state index is -0.528. The molecule has 98 valence electrons. The number of carbonyl (C=O) groups excluding carboxylic acids is 1. The number of aliphatic hydroxyl groups excluding tert-OH is 1. The van der Waals surface area contributed by atoms with Crippen molar-refractivity contribution in [3.63, 3.8) is 0 Å². The zero-order valence-electron chi connectivity index (χ0n) is 10.0. The highest BCUT2D eigenvalue weighted by Gasteiger charge is 2.20. The van der Waals surface area contributed by atoms with E-state index in [1.165, 1.54) is 0 Å². The Morgan fingerprint density at radius 3 is 3.06 bits per heavy atom. The molecule has 1 fully saturated rings. The fourth-order valence-electron chi connectivity index (χ4n) is 2.06. The Morgan fingerprint density at radius 2 is 2.39 bits per heavy atom. The summed E-state index contributed by atoms with van der Waals surface area (Å²) in [7, 11) is 0. The Bertz CT molecular complexity index is 425. The predicted octanol–water partition coefficient (Wildman–Crippen LogP) is 1.35. The minimum Gasteiger partial charge on any atom is -0.387 e. The lowest BCUT2D eigenvalue weighted by molar-refractivity contribution is -0.119. The molecule has 1 amide bonds. The monoisotopic (exact) mass is 312 g/mol. The van der Waals surface area contributed by atoms with Crippen LogP contribution >= 0.6 is 15.9 Å². The van der Waals surface area contributed by atoms with E-state index in [1.54, 1.807) is 0 Å². The summed E-state index contributed by atoms with van der Waals surface area (Å²) in [6.07, 6.45) is 0.957. The highest BCUT2D eigenvalue weighted by atomic mass is 79.9. The van der Waals surface area contributed by atoms with Crippen LogP contribution in [0.3, 0.4) is 0 Å². The Hall–Kier alpha value is -0.910. The van der Waals surface area contributed by atoms with Crippen LogP contribution in [0.2, 0.25) is 0 Å². The largest absolute Gasteiger partial charge is 0.387 e. The van der Waals surface area contributed by atoms with Crippen molar-refractivity contribution in [3.05, 3.63) is 34.3 Å². The van der Waals surface area contributed by atoms with Crippen molar-refractivity contribution < 1.29 is 9.90 Å². The molecule has 1 aliphatic rings. The van der Waals surface area contributed by atoms with E-state index in [0.717, 1.165) is 16.5 Å². The predicted molar refractivity (Wildman–Crippen MR) is 73.1 cm³/mol. The maximum atomic E-state index is 11.0. The Labute approximate surface area is 115 Å². The number of hydrogen-bond acceptors (Lipinski definition) is 3. The fourth-order valence-corrected chi connectivity index (χ4v) is 2.47. The minimum absolute atomic E-state index is 0.120. The molecular formula is C13H17BrN2O2. The molecule has 18 heavy (non-hydrogen) atoms. The van der Waals surface area contributed by atoms with Crippen molar-refractivity contribution in [3.8, 4) is 0 Å². The van der Waals surface area contributed by atoms with E-state index in [1.807, 2.05) is 24.3 Å². The van der Waals surface area contributed by atoms with Gasteiger partial charge < -0.3 is 15.7 Å². The number of rotatable bonds is 5. The zero-order chi connectivity index (χ0) is 13.0. The van der Waals surface area contributed by atoms with Gasteiger partial charge in [0, 0.05) is 30.0 Å². The van der Waals surface area contributed by atoms with E-state index in [4.69, 9.17) is 0 Å². The lowest BCUT2D eigenvalue weighted by Gasteiger charge is -2.15. The SMILES string of the molecule is O=C1CCC(CNCC(O)c2cccc(Br)c2)N1. The van der Waals surface area contributed by atoms with Crippen LogP contribution in [0.5, 0.6) is 0 Å². The van der Waals surface area contributed by atoms with E-state index in [-0.39, 0.29) is 11.9 Å². The van der Waals surface area contributed by atoms with Gasteiger partial charge >= 0.3 is 0 Å². The average molecular weight is 313 g/mol. The third-order valence-corrected chi connectivity index (χ3v) is 3.54. The number of benzene rings is 1. The molecule has 1 heterocycles. The van der Waals surface area contributed by atoms with E-state index in [9.17, 15) is 9.90 Å². The number of aliphatic hydroxyl groups is 1. The Balaban J connectivity index is 1.75. The topological polar surface area (TPSA) is 61.4 Å². The maximum Gasteiger partial charge on any atom is 0.220 e. The average Bonchev–Trinajstić information content (AvgIpc) is 2.75. The van der Waals surface area contributed by atoms with Gasteiger partial charge in [-0.15, -0.1) is 0 Å². The van der Waals surface area contributed by atoms with Crippen molar-refractivity contribution in [2.24, 2.45) is 0 Å². The molecule has 1 aromatic rings. The number of nitrogens with one attached hydrogen (secondary N) is 2. The summed E-state index contributed by atoms with van der Waals surface area (Å²) in [4.78, 5) is 11.0. The summed E-state index contributed by atoms with van der Waals surface area (Å²) in [5.41, 5.74) is 0.882. The summed E-state index contributed by atoms with van der Waals surface area (Å²) in [6, 6.07) is 7.84. The van der Waals surface area contributed by atoms with E-state index >= 15 is 0 Å². The molecule has 4 nitrogen and oxygen atoms in total. The van der Waals surface area contributed by atoms with Gasteiger partial charge in [-0.2, -0.15) is 0 Å². The first-order chi connectivity index (χ1) is 8.65. The standard InChI is InChI=1S/C13H17BrN2O2/c14-10-3-1-2-9(6-10)12(17)8-15-7-11-4-5-13(18)16-11/h1-3,6,11-12,15,17H,4-5,7-8H2,(H,16,18). The first kappa shape index (κ1) is 13.5. The second-order valence-corrected chi connectivity index (χ2v) is 5.45. The van der Waals surface area contributed by atoms with Gasteiger partial charge in [0.15, 0.2) is 0 Å². The quantitative estimate of drug-likeness (QED) is 0.769. The Morgan fingerprint density at radius 1 is 1.56 bits per heavy atom. The van der Waals surface area contributed by atoms with Crippen molar-refractivity contribution in [2.45, 2.75) is 25.0 Å². The normalized spacial score (nSPS) is 20.8. The van der Waals surface area contributed by atoms with Crippen LogP contribution < -0.4 is 10.6 Å². The number of carbonyl (C=O) groups is 1. The summed E-state index contributed by atoms with van der Waals surface area (Å²) in [6.45, 7) is 1.19. The van der Waals surface area contributed by atoms with Crippen molar-refractivity contribution in [1.29, 1.82) is 0 Å². The van der Waals surface area contributed by atoms with Crippen LogP contribution in [0.1, 0.15) is 24.5 Å². The molecular weight excluding hydrogens is 296 g/mol. The van der Waals surface area contributed by atoms with Crippen molar-refractivity contribution in [2.75, 3.05) is 13.1 Å². The van der Waals surface area contributed by atoms with Crippen molar-refractivity contribution in [1.82, 2.24) is 10.6 Å². The lowest BCUT2D eigenvalue weighted by atomic mass is 10.1. The third kappa shape index (κ3) is 3.80. The molecule has 1 saturated heterocycles. The van der Waals surface area contributed by atoms with E-state index < -0.39 is 6.10 Å². The molecule has 2 unspecified atom stereocenters. The maximum absolute atomic E-state index is 11.0. The second kappa shape index (κ2) is 6.31. The van der Waals surface area contributed by atoms with Crippen LogP contribution in [0.25, 0.3) is 0 Å². The van der Waals surface area contributed by atoms with Gasteiger partial charge in [0.25, 0.3) is 0 Å². The molecule has 2 atom stereocenters. The van der Waals surface area contributed by atoms with Gasteiger partial charge in [0.2, 0.25) is 5.91 Å². The lowest BCUT2D eigenvalue weighted by Crippen LogP contribution is -2.37. The van der Waals surface area contributed by atoms with Crippen LogP contribution in [0.4, 0.5) is 0 Å². The van der Waals surface area contributed by atoms with Gasteiger partial charge in [-0.25, -0.2) is 0 Å². The summed E-state index contributed by atoms with van der Waals surface area (Å²) < 4.78 is 0.960. The van der Waals surface area contributed by atoms with E-state index in [2.05, 4.69) is 26.6 Å². The van der Waals surface area contributed by atoms with Gasteiger partial charge in [-0.3, -0.25) is 4.79 Å². The summed E-state index contributed by atoms with van der Waals surface area (Å²) >= 11 is 3.38. The van der Waals surface area contributed by atoms with Crippen molar-refractivity contribution >= 4 is 21.8 Å². The van der Waals surface area contributed by atoms with Gasteiger partial charge in [0.1, 0.15) is 0 Å². The van der Waals surface area contributed by atoms with Gasteiger partial charge in [-0.1, -0.05) is 28.1 Å². The number of amides is 1. The van der Waals surface area contributed by atoms with Crippen LogP contribution in [0, 0.1) is 0 Å². The Kier molecular flexibility index (Phi) is 4.74. The molecule has 3 N–H and O–H groups in total. The molecule has 0 aliphatic carbocycles. The smallest absolute Gasteiger partial charge is 0.220 e. The highest BCUT2D eigenvalue weighted by Crippen LogP contribution is 2.17. The van der Waals surface area contributed by atoms with Crippen LogP contribution in [0.15, 0.2) is 28.7 Å². The van der Waals surface area contributed by atoms with Gasteiger partial charge in [-0.05, 0) is 24.1 Å². The molecule has 0 radical (unpaired) electrons. The summed E-state index contributed by atoms with van der Waals surface area (Å²) in [5.74, 6) is 0.120. The third-order valence-electron chi connectivity index (χ3n) is 3.05. The number of halogens is 1. The summed E-state index contributed by atoms with van der Waals surface area (Å²) in [5, 5.41) is 16.1. The molecule has 1 aliphatic heterocycles. The first-order valence-electron chi connectivity index (χ1n) is 6.09. The molecule has 0 saturated carbocycles. The van der Waals surface area contributed by atoms with E-state index in [0.29, 0.717) is 19.5 Å². The van der Waals surface area contributed by atoms with Crippen LogP contribution in [-0.2, 0) is 4.79 Å². The molecule has 5 heteroatoms. The first-order valence-corrected chi connectivity index (χ1v) is 6.88. The molecule has 0 bridgehead atoms. The molecule has 0 spiro atoms. The second-order valence-electron chi connectivity index (χ2n) is 4.53.